The van der Waals surface area contributed by atoms with Crippen molar-refractivity contribution in [1.82, 2.24) is 0 Å². The van der Waals surface area contributed by atoms with Crippen molar-refractivity contribution < 1.29 is 44.3 Å². The van der Waals surface area contributed by atoms with E-state index >= 15 is 0 Å². The molecule has 0 fully saturated rings. The molecule has 8 nitrogen and oxygen atoms in total. The zero-order chi connectivity index (χ0) is 14.3. The molecule has 0 atom stereocenters. The Hall–Kier alpha value is -2.19. The fourth-order valence-electron chi connectivity index (χ4n) is 0. The topological polar surface area (TPSA) is 149 Å². The van der Waals surface area contributed by atoms with Crippen LogP contribution in [0.5, 0.6) is 0 Å². The van der Waals surface area contributed by atoms with Crippen molar-refractivity contribution in [3.8, 4) is 0 Å². The molecule has 0 aliphatic heterocycles. The van der Waals surface area contributed by atoms with Crippen LogP contribution in [0, 0.1) is 0 Å². The standard InChI is InChI=1S/4C2H4O2.FH/c4*1-2(3)4;/h4*1H3,(H,3,4);1H. The van der Waals surface area contributed by atoms with E-state index in [9.17, 15) is 0 Å². The molecule has 4 N–H and O–H groups in total. The Morgan fingerprint density at radius 2 is 0.529 bits per heavy atom. The number of hydrogen-bond acceptors (Lipinski definition) is 4. The summed E-state index contributed by atoms with van der Waals surface area (Å²) in [6, 6.07) is 0. The van der Waals surface area contributed by atoms with Gasteiger partial charge in [-0.25, -0.2) is 0 Å². The maximum Gasteiger partial charge on any atom is 0.300 e. The number of aliphatic carboxylic acids is 4. The normalized spacial score (nSPS) is 5.88. The van der Waals surface area contributed by atoms with Crippen molar-refractivity contribution in [1.29, 1.82) is 0 Å². The lowest BCUT2D eigenvalue weighted by molar-refractivity contribution is -0.135. The monoisotopic (exact) mass is 260 g/mol. The van der Waals surface area contributed by atoms with Crippen LogP contribution in [-0.2, 0) is 19.2 Å². The molecule has 0 aliphatic rings. The lowest BCUT2D eigenvalue weighted by Crippen LogP contribution is -1.78. The average Bonchev–Trinajstić information content (AvgIpc) is 1.76. The van der Waals surface area contributed by atoms with Gasteiger partial charge < -0.3 is 20.4 Å². The predicted molar refractivity (Wildman–Crippen MR) is 55.7 cm³/mol. The van der Waals surface area contributed by atoms with E-state index in [4.69, 9.17) is 39.6 Å². The summed E-state index contributed by atoms with van der Waals surface area (Å²) < 4.78 is 0. The second-order valence-corrected chi connectivity index (χ2v) is 2.08. The van der Waals surface area contributed by atoms with Crippen LogP contribution < -0.4 is 0 Å². The smallest absolute Gasteiger partial charge is 0.300 e. The summed E-state index contributed by atoms with van der Waals surface area (Å²) in [6.45, 7) is 4.33. The molecular formula is C8H17FO8. The van der Waals surface area contributed by atoms with Gasteiger partial charge in [-0.2, -0.15) is 0 Å². The summed E-state index contributed by atoms with van der Waals surface area (Å²) in [6.07, 6.45) is 0. The van der Waals surface area contributed by atoms with Gasteiger partial charge in [-0.05, 0) is 0 Å². The second-order valence-electron chi connectivity index (χ2n) is 2.08. The summed E-state index contributed by atoms with van der Waals surface area (Å²) in [7, 11) is 0. The highest BCUT2D eigenvalue weighted by Crippen LogP contribution is 1.43. The third-order valence-electron chi connectivity index (χ3n) is 0. The van der Waals surface area contributed by atoms with Crippen molar-refractivity contribution in [2.24, 2.45) is 0 Å². The van der Waals surface area contributed by atoms with Crippen molar-refractivity contribution in [3.05, 3.63) is 0 Å². The van der Waals surface area contributed by atoms with E-state index in [1.807, 2.05) is 0 Å². The van der Waals surface area contributed by atoms with Crippen LogP contribution in [0.1, 0.15) is 27.7 Å². The molecule has 0 heterocycles. The van der Waals surface area contributed by atoms with Gasteiger partial charge in [0.25, 0.3) is 23.9 Å². The summed E-state index contributed by atoms with van der Waals surface area (Å²) in [4.78, 5) is 36.0. The minimum Gasteiger partial charge on any atom is -0.481 e. The van der Waals surface area contributed by atoms with E-state index in [0.717, 1.165) is 27.7 Å². The van der Waals surface area contributed by atoms with Gasteiger partial charge in [0.15, 0.2) is 0 Å². The molecule has 0 unspecified atom stereocenters. The Morgan fingerprint density at radius 1 is 0.529 bits per heavy atom. The fraction of sp³-hybridized carbons (Fsp3) is 0.500. The van der Waals surface area contributed by atoms with Crippen LogP contribution in [0.2, 0.25) is 0 Å². The van der Waals surface area contributed by atoms with Gasteiger partial charge in [0, 0.05) is 27.7 Å². The molecule has 104 valence electrons. The molecule has 0 aromatic carbocycles. The highest BCUT2D eigenvalue weighted by molar-refractivity contribution is 5.63. The summed E-state index contributed by atoms with van der Waals surface area (Å²) >= 11 is 0. The summed E-state index contributed by atoms with van der Waals surface area (Å²) in [5.41, 5.74) is 0. The van der Waals surface area contributed by atoms with Crippen molar-refractivity contribution in [2.45, 2.75) is 27.7 Å². The predicted octanol–water partition coefficient (Wildman–Crippen LogP) is 0.516. The first kappa shape index (κ1) is 29.3. The van der Waals surface area contributed by atoms with Gasteiger partial charge in [0.05, 0.1) is 0 Å². The molecule has 0 spiro atoms. The Balaban J connectivity index is -0.0000000369. The largest absolute Gasteiger partial charge is 0.481 e. The minimum atomic E-state index is -0.833. The van der Waals surface area contributed by atoms with E-state index in [1.165, 1.54) is 0 Å². The zero-order valence-corrected chi connectivity index (χ0v) is 9.83. The van der Waals surface area contributed by atoms with Crippen molar-refractivity contribution in [3.63, 3.8) is 0 Å². The highest BCUT2D eigenvalue weighted by Gasteiger charge is 1.66. The fourth-order valence-corrected chi connectivity index (χ4v) is 0. The maximum atomic E-state index is 9.00. The third-order valence-corrected chi connectivity index (χ3v) is 0. The van der Waals surface area contributed by atoms with E-state index in [-0.39, 0.29) is 4.70 Å². The first-order chi connectivity index (χ1) is 6.93. The second kappa shape index (κ2) is 23.5. The molecule has 0 saturated heterocycles. The minimum absolute atomic E-state index is 0. The number of rotatable bonds is 0. The van der Waals surface area contributed by atoms with Gasteiger partial charge in [0.1, 0.15) is 0 Å². The van der Waals surface area contributed by atoms with E-state index in [0.29, 0.717) is 0 Å². The summed E-state index contributed by atoms with van der Waals surface area (Å²) in [5, 5.41) is 29.7. The van der Waals surface area contributed by atoms with E-state index < -0.39 is 23.9 Å². The molecule has 0 aromatic heterocycles. The van der Waals surface area contributed by atoms with Crippen LogP contribution in [0.3, 0.4) is 0 Å². The van der Waals surface area contributed by atoms with Crippen LogP contribution >= 0.6 is 0 Å². The molecule has 0 rings (SSSR count). The SMILES string of the molecule is CC(=O)O.CC(=O)O.CC(=O)O.CC(=O)O.F. The third kappa shape index (κ3) is 402. The molecule has 0 radical (unpaired) electrons. The summed E-state index contributed by atoms with van der Waals surface area (Å²) in [5.74, 6) is -3.33. The number of hydrogen-bond donors (Lipinski definition) is 4. The number of carbonyl (C=O) groups is 4. The highest BCUT2D eigenvalue weighted by atomic mass is 19.0. The van der Waals surface area contributed by atoms with Gasteiger partial charge in [-0.1, -0.05) is 0 Å². The average molecular weight is 260 g/mol. The molecule has 0 amide bonds. The van der Waals surface area contributed by atoms with Gasteiger partial charge in [0.2, 0.25) is 0 Å². The molecular weight excluding hydrogens is 243 g/mol. The molecule has 0 aliphatic carbocycles. The van der Waals surface area contributed by atoms with Gasteiger partial charge in [-0.3, -0.25) is 23.9 Å². The number of halogens is 1. The zero-order valence-electron chi connectivity index (χ0n) is 9.83. The molecule has 0 saturated carbocycles. The van der Waals surface area contributed by atoms with Crippen LogP contribution in [0.15, 0.2) is 0 Å². The van der Waals surface area contributed by atoms with E-state index in [2.05, 4.69) is 0 Å². The van der Waals surface area contributed by atoms with Crippen molar-refractivity contribution in [2.75, 3.05) is 0 Å². The van der Waals surface area contributed by atoms with Gasteiger partial charge in [-0.15, -0.1) is 0 Å². The molecule has 17 heavy (non-hydrogen) atoms. The molecule has 0 aromatic rings. The van der Waals surface area contributed by atoms with Gasteiger partial charge >= 0.3 is 0 Å². The first-order valence-corrected chi connectivity index (χ1v) is 3.71. The van der Waals surface area contributed by atoms with Crippen LogP contribution in [-0.4, -0.2) is 44.3 Å². The van der Waals surface area contributed by atoms with Crippen molar-refractivity contribution >= 4 is 23.9 Å². The van der Waals surface area contributed by atoms with Crippen LogP contribution in [0.25, 0.3) is 0 Å². The van der Waals surface area contributed by atoms with Crippen LogP contribution in [0.4, 0.5) is 4.70 Å². The molecule has 0 bridgehead atoms. The first-order valence-electron chi connectivity index (χ1n) is 3.71. The molecule has 9 heteroatoms. The number of carboxylic acids is 4. The Morgan fingerprint density at radius 3 is 0.529 bits per heavy atom. The Labute approximate surface area is 96.9 Å². The maximum absolute atomic E-state index is 9.00. The lowest BCUT2D eigenvalue weighted by atomic mass is 10.9. The Kier molecular flexibility index (Phi) is 40.7. The quantitative estimate of drug-likeness (QED) is 0.492. The lowest BCUT2D eigenvalue weighted by Gasteiger charge is -1.59. The number of carboxylic acid groups (broad SMARTS) is 4. The Bertz CT molecular complexity index is 162. The van der Waals surface area contributed by atoms with E-state index in [1.54, 1.807) is 0 Å².